The van der Waals surface area contributed by atoms with Crippen LogP contribution >= 0.6 is 11.6 Å². The molecule has 1 aromatic rings. The van der Waals surface area contributed by atoms with E-state index in [1.807, 2.05) is 0 Å². The molecule has 0 saturated carbocycles. The summed E-state index contributed by atoms with van der Waals surface area (Å²) in [5.41, 5.74) is -0.0348. The van der Waals surface area contributed by atoms with Gasteiger partial charge >= 0.3 is 5.97 Å². The summed E-state index contributed by atoms with van der Waals surface area (Å²) < 4.78 is 25.7. The molecule has 0 aliphatic heterocycles. The van der Waals surface area contributed by atoms with Crippen LogP contribution in [0, 0.1) is 5.82 Å². The van der Waals surface area contributed by atoms with Crippen LogP contribution in [0.3, 0.4) is 0 Å². The average Bonchev–Trinajstić information content (AvgIpc) is 2.11. The van der Waals surface area contributed by atoms with E-state index in [2.05, 4.69) is 0 Å². The smallest absolute Gasteiger partial charge is 0.338 e. The van der Waals surface area contributed by atoms with Gasteiger partial charge in [0.15, 0.2) is 0 Å². The van der Waals surface area contributed by atoms with Crippen LogP contribution < -0.4 is 0 Å². The number of benzene rings is 1. The first-order chi connectivity index (χ1) is 6.50. The van der Waals surface area contributed by atoms with Crippen LogP contribution in [0.15, 0.2) is 18.2 Å². The number of halogens is 3. The second kappa shape index (κ2) is 4.37. The van der Waals surface area contributed by atoms with E-state index in [0.29, 0.717) is 0 Å². The lowest BCUT2D eigenvalue weighted by Crippen LogP contribution is -2.17. The van der Waals surface area contributed by atoms with Crippen molar-refractivity contribution in [1.82, 2.24) is 0 Å². The molecular weight excluding hydrogens is 214 g/mol. The van der Waals surface area contributed by atoms with Gasteiger partial charge in [-0.05, 0) is 23.8 Å². The third-order valence-electron chi connectivity index (χ3n) is 1.67. The molecule has 0 bridgehead atoms. The molecule has 0 radical (unpaired) electrons. The van der Waals surface area contributed by atoms with E-state index in [0.717, 1.165) is 6.07 Å². The van der Waals surface area contributed by atoms with Crippen LogP contribution in [0.2, 0.25) is 5.02 Å². The molecule has 1 unspecified atom stereocenters. The highest BCUT2D eigenvalue weighted by Gasteiger charge is 2.18. The number of hydrogen-bond donors (Lipinski definition) is 1. The molecule has 2 nitrogen and oxygen atoms in total. The van der Waals surface area contributed by atoms with Gasteiger partial charge in [0.05, 0.1) is 0 Å². The van der Waals surface area contributed by atoms with Gasteiger partial charge in [0.1, 0.15) is 5.82 Å². The van der Waals surface area contributed by atoms with Crippen molar-refractivity contribution in [3.8, 4) is 0 Å². The van der Waals surface area contributed by atoms with E-state index in [9.17, 15) is 13.6 Å². The molecule has 0 saturated heterocycles. The molecule has 1 rings (SSSR count). The summed E-state index contributed by atoms with van der Waals surface area (Å²) in [5, 5.41) is 8.52. The minimum absolute atomic E-state index is 0.0348. The number of aliphatic carboxylic acids is 1. The van der Waals surface area contributed by atoms with E-state index in [1.54, 1.807) is 0 Å². The zero-order valence-corrected chi connectivity index (χ0v) is 7.76. The zero-order valence-electron chi connectivity index (χ0n) is 7.01. The van der Waals surface area contributed by atoms with Crippen LogP contribution in [-0.4, -0.2) is 17.2 Å². The highest BCUT2D eigenvalue weighted by molar-refractivity contribution is 6.30. The maximum absolute atomic E-state index is 13.0. The Hall–Kier alpha value is -1.16. The maximum Gasteiger partial charge on any atom is 0.338 e. The van der Waals surface area contributed by atoms with Gasteiger partial charge in [-0.15, -0.1) is 0 Å². The summed E-state index contributed by atoms with van der Waals surface area (Å²) in [4.78, 5) is 10.2. The molecule has 76 valence electrons. The molecule has 1 aromatic carbocycles. The third kappa shape index (κ3) is 2.67. The van der Waals surface area contributed by atoms with Crippen molar-refractivity contribution in [2.24, 2.45) is 0 Å². The predicted octanol–water partition coefficient (Wildman–Crippen LogP) is 2.44. The first kappa shape index (κ1) is 10.9. The van der Waals surface area contributed by atoms with Crippen molar-refractivity contribution in [3.05, 3.63) is 34.6 Å². The number of alkyl halides is 1. The fraction of sp³-hybridized carbons (Fsp3) is 0.222. The summed E-state index contributed by atoms with van der Waals surface area (Å²) in [6.45, 7) is 0. The highest BCUT2D eigenvalue weighted by atomic mass is 35.5. The van der Waals surface area contributed by atoms with Crippen molar-refractivity contribution in [2.75, 3.05) is 0 Å². The Morgan fingerprint density at radius 1 is 1.57 bits per heavy atom. The standard InChI is InChI=1S/C9H7ClF2O2/c10-6-1-2-7(11)5(3-6)4-8(12)9(13)14/h1-3,8H,4H2,(H,13,14). The minimum Gasteiger partial charge on any atom is -0.479 e. The Bertz CT molecular complexity index is 355. The second-order valence-electron chi connectivity index (χ2n) is 2.75. The molecule has 0 heterocycles. The van der Waals surface area contributed by atoms with Crippen molar-refractivity contribution in [1.29, 1.82) is 0 Å². The lowest BCUT2D eigenvalue weighted by atomic mass is 10.1. The van der Waals surface area contributed by atoms with Gasteiger partial charge in [-0.2, -0.15) is 0 Å². The fourth-order valence-electron chi connectivity index (χ4n) is 0.980. The van der Waals surface area contributed by atoms with Crippen LogP contribution in [0.4, 0.5) is 8.78 Å². The van der Waals surface area contributed by atoms with Gasteiger partial charge in [-0.1, -0.05) is 11.6 Å². The second-order valence-corrected chi connectivity index (χ2v) is 3.18. The number of carbonyl (C=O) groups is 1. The van der Waals surface area contributed by atoms with Gasteiger partial charge < -0.3 is 5.11 Å². The van der Waals surface area contributed by atoms with Crippen LogP contribution in [-0.2, 0) is 11.2 Å². The van der Waals surface area contributed by atoms with Crippen molar-refractivity contribution >= 4 is 17.6 Å². The number of rotatable bonds is 3. The summed E-state index contributed by atoms with van der Waals surface area (Å²) in [5.74, 6) is -2.26. The SMILES string of the molecule is O=C(O)C(F)Cc1cc(Cl)ccc1F. The molecule has 0 aliphatic rings. The summed E-state index contributed by atoms with van der Waals surface area (Å²) in [6, 6.07) is 3.60. The fourth-order valence-corrected chi connectivity index (χ4v) is 1.17. The van der Waals surface area contributed by atoms with Crippen LogP contribution in [0.5, 0.6) is 0 Å². The quantitative estimate of drug-likeness (QED) is 0.850. The predicted molar refractivity (Wildman–Crippen MR) is 47.6 cm³/mol. The summed E-state index contributed by atoms with van der Waals surface area (Å²) >= 11 is 5.54. The lowest BCUT2D eigenvalue weighted by molar-refractivity contribution is -0.142. The van der Waals surface area contributed by atoms with Crippen molar-refractivity contribution in [3.63, 3.8) is 0 Å². The molecule has 1 atom stereocenters. The zero-order chi connectivity index (χ0) is 10.7. The first-order valence-electron chi connectivity index (χ1n) is 3.81. The normalized spacial score (nSPS) is 12.5. The molecule has 0 spiro atoms. The van der Waals surface area contributed by atoms with Crippen molar-refractivity contribution in [2.45, 2.75) is 12.6 Å². The molecule has 14 heavy (non-hydrogen) atoms. The lowest BCUT2D eigenvalue weighted by Gasteiger charge is -2.04. The van der Waals surface area contributed by atoms with Gasteiger partial charge in [-0.25, -0.2) is 13.6 Å². The molecule has 0 aromatic heterocycles. The van der Waals surface area contributed by atoms with Gasteiger partial charge in [0.25, 0.3) is 0 Å². The molecular formula is C9H7ClF2O2. The molecule has 0 aliphatic carbocycles. The number of carboxylic acid groups (broad SMARTS) is 1. The van der Waals surface area contributed by atoms with Gasteiger partial charge in [-0.3, -0.25) is 0 Å². The molecule has 0 amide bonds. The summed E-state index contributed by atoms with van der Waals surface area (Å²) in [7, 11) is 0. The van der Waals surface area contributed by atoms with Crippen LogP contribution in [0.25, 0.3) is 0 Å². The Labute approximate surface area is 84.1 Å². The first-order valence-corrected chi connectivity index (χ1v) is 4.19. The highest BCUT2D eigenvalue weighted by Crippen LogP contribution is 2.17. The van der Waals surface area contributed by atoms with E-state index in [1.165, 1.54) is 12.1 Å². The number of hydrogen-bond acceptors (Lipinski definition) is 1. The minimum atomic E-state index is -2.11. The third-order valence-corrected chi connectivity index (χ3v) is 1.91. The Morgan fingerprint density at radius 2 is 2.21 bits per heavy atom. The number of carboxylic acids is 1. The van der Waals surface area contributed by atoms with Crippen LogP contribution in [0.1, 0.15) is 5.56 Å². The molecule has 1 N–H and O–H groups in total. The van der Waals surface area contributed by atoms with Gasteiger partial charge in [0, 0.05) is 11.4 Å². The van der Waals surface area contributed by atoms with E-state index in [4.69, 9.17) is 16.7 Å². The Balaban J connectivity index is 2.85. The molecule has 0 fully saturated rings. The summed E-state index contributed by atoms with van der Waals surface area (Å²) in [6.07, 6.45) is -2.62. The van der Waals surface area contributed by atoms with E-state index < -0.39 is 24.4 Å². The van der Waals surface area contributed by atoms with Crippen molar-refractivity contribution < 1.29 is 18.7 Å². The topological polar surface area (TPSA) is 37.3 Å². The average molecular weight is 221 g/mol. The van der Waals surface area contributed by atoms with E-state index in [-0.39, 0.29) is 10.6 Å². The monoisotopic (exact) mass is 220 g/mol. The van der Waals surface area contributed by atoms with Gasteiger partial charge in [0.2, 0.25) is 6.17 Å². The maximum atomic E-state index is 13.0. The Morgan fingerprint density at radius 3 is 2.79 bits per heavy atom. The van der Waals surface area contributed by atoms with E-state index >= 15 is 0 Å². The largest absolute Gasteiger partial charge is 0.479 e. The Kier molecular flexibility index (Phi) is 3.41. The molecule has 5 heteroatoms.